The van der Waals surface area contributed by atoms with Gasteiger partial charge in [0.05, 0.1) is 16.5 Å². The predicted octanol–water partition coefficient (Wildman–Crippen LogP) is 0.802. The van der Waals surface area contributed by atoms with E-state index in [1.54, 1.807) is 42.8 Å². The molecule has 0 amide bonds. The summed E-state index contributed by atoms with van der Waals surface area (Å²) in [6.07, 6.45) is 8.45. The molecule has 9 heteroatoms. The minimum atomic E-state index is -0.713. The molecule has 0 fully saturated rings. The molecule has 0 atom stereocenters. The SMILES string of the molecule is C=C/C([CH2-])=C\N=C.O=[C-]/C=c1/[nH]n(-c2ccccc2Cl)c(=O)c1=[C-]c1cccc(Cl)c1F.[K+]. The summed E-state index contributed by atoms with van der Waals surface area (Å²) in [6.45, 7) is 10.3. The number of para-hydroxylation sites is 1. The first-order chi connectivity index (χ1) is 15.3. The second kappa shape index (κ2) is 14.3. The van der Waals surface area contributed by atoms with Crippen molar-refractivity contribution < 1.29 is 60.6 Å². The number of nitrogens with zero attached hydrogens (tertiary/aromatic N) is 2. The van der Waals surface area contributed by atoms with Crippen molar-refractivity contribution in [1.82, 2.24) is 9.78 Å². The molecule has 5 nitrogen and oxygen atoms in total. The second-order valence-electron chi connectivity index (χ2n) is 6.07. The molecule has 0 saturated heterocycles. The zero-order valence-corrected chi connectivity index (χ0v) is 22.4. The molecular weight excluding hydrogens is 491 g/mol. The van der Waals surface area contributed by atoms with Gasteiger partial charge in [0, 0.05) is 5.02 Å². The van der Waals surface area contributed by atoms with E-state index in [0.29, 0.717) is 10.7 Å². The first-order valence-electron chi connectivity index (χ1n) is 8.96. The Kier molecular flexibility index (Phi) is 12.6. The van der Waals surface area contributed by atoms with Crippen molar-refractivity contribution in [3.63, 3.8) is 0 Å². The van der Waals surface area contributed by atoms with Crippen LogP contribution in [0.15, 0.2) is 76.7 Å². The Balaban J connectivity index is 0.000000595. The van der Waals surface area contributed by atoms with Crippen molar-refractivity contribution in [1.29, 1.82) is 0 Å². The molecule has 0 aliphatic heterocycles. The zero-order chi connectivity index (χ0) is 23.7. The summed E-state index contributed by atoms with van der Waals surface area (Å²) in [4.78, 5) is 26.9. The van der Waals surface area contributed by atoms with Gasteiger partial charge >= 0.3 is 51.4 Å². The summed E-state index contributed by atoms with van der Waals surface area (Å²) in [6, 6.07) is 11.0. The molecule has 1 N–H and O–H groups in total. The quantitative estimate of drug-likeness (QED) is 0.240. The topological polar surface area (TPSA) is 67.2 Å². The summed E-state index contributed by atoms with van der Waals surface area (Å²) in [5.41, 5.74) is 0.619. The van der Waals surface area contributed by atoms with E-state index in [-0.39, 0.29) is 72.5 Å². The molecular formula is C24H17Cl2FKN3O2-2. The number of H-pyrrole nitrogens is 1. The van der Waals surface area contributed by atoms with Gasteiger partial charge in [0.25, 0.3) is 0 Å². The van der Waals surface area contributed by atoms with Crippen LogP contribution in [0.3, 0.4) is 0 Å². The number of carbonyl (C=O) groups excluding carboxylic acids is 1. The van der Waals surface area contributed by atoms with Crippen LogP contribution in [0.4, 0.5) is 4.39 Å². The summed E-state index contributed by atoms with van der Waals surface area (Å²) in [5, 5.41) is 3.06. The first-order valence-corrected chi connectivity index (χ1v) is 9.71. The number of aromatic nitrogens is 2. The molecule has 0 saturated carbocycles. The van der Waals surface area contributed by atoms with Crippen LogP contribution in [0.1, 0.15) is 5.56 Å². The molecule has 0 radical (unpaired) electrons. The Morgan fingerprint density at radius 2 is 1.85 bits per heavy atom. The van der Waals surface area contributed by atoms with E-state index in [2.05, 4.69) is 36.4 Å². The van der Waals surface area contributed by atoms with Crippen LogP contribution in [0.5, 0.6) is 0 Å². The van der Waals surface area contributed by atoms with Gasteiger partial charge in [0.15, 0.2) is 0 Å². The van der Waals surface area contributed by atoms with Crippen molar-refractivity contribution in [2.45, 2.75) is 0 Å². The smallest absolute Gasteiger partial charge is 0.418 e. The van der Waals surface area contributed by atoms with Gasteiger partial charge in [-0.15, -0.1) is 18.2 Å². The molecule has 1 heterocycles. The van der Waals surface area contributed by atoms with Gasteiger partial charge in [0.1, 0.15) is 0 Å². The molecule has 33 heavy (non-hydrogen) atoms. The van der Waals surface area contributed by atoms with Gasteiger partial charge in [-0.05, 0) is 35.7 Å². The maximum absolute atomic E-state index is 14.1. The number of aliphatic imine (C=N–C) groups is 1. The number of rotatable bonds is 5. The molecule has 0 aliphatic rings. The van der Waals surface area contributed by atoms with Gasteiger partial charge in [-0.25, -0.2) is 0 Å². The van der Waals surface area contributed by atoms with Crippen molar-refractivity contribution in [3.05, 3.63) is 116 Å². The van der Waals surface area contributed by atoms with Gasteiger partial charge in [-0.2, -0.15) is 25.2 Å². The minimum Gasteiger partial charge on any atom is -0.418 e. The standard InChI is InChI=1S/C18H9Cl2FN2O2.C6H8N.K/c19-13-5-1-2-7-16(13)23-18(25)12(15(22-23)8-9-24)10-11-4-3-6-14(20)17(11)21;1-4-6(2)5-7-3;/h1-8,22H;4-5H,1-3H2;/q-2;-1;+1/b15-8+;6-5-;. The van der Waals surface area contributed by atoms with E-state index in [0.717, 1.165) is 16.3 Å². The number of hydrogen-bond acceptors (Lipinski definition) is 3. The molecule has 0 aliphatic carbocycles. The van der Waals surface area contributed by atoms with Crippen LogP contribution < -0.4 is 67.5 Å². The van der Waals surface area contributed by atoms with Gasteiger partial charge < -0.3 is 19.7 Å². The Hall–Kier alpha value is -1.97. The average Bonchev–Trinajstić information content (AvgIpc) is 3.08. The average molecular weight is 508 g/mol. The number of benzene rings is 2. The molecule has 0 spiro atoms. The monoisotopic (exact) mass is 507 g/mol. The molecule has 0 unspecified atom stereocenters. The van der Waals surface area contributed by atoms with Crippen LogP contribution in [0, 0.1) is 12.7 Å². The normalized spacial score (nSPS) is 11.8. The van der Waals surface area contributed by atoms with Gasteiger partial charge in [-0.1, -0.05) is 59.2 Å². The largest absolute Gasteiger partial charge is 1.00 e. The number of halogens is 3. The summed E-state index contributed by atoms with van der Waals surface area (Å²) in [7, 11) is 0. The zero-order valence-electron chi connectivity index (χ0n) is 17.7. The van der Waals surface area contributed by atoms with Gasteiger partial charge in [-0.3, -0.25) is 9.07 Å². The van der Waals surface area contributed by atoms with E-state index in [1.165, 1.54) is 18.2 Å². The third-order valence-corrected chi connectivity index (χ3v) is 4.56. The van der Waals surface area contributed by atoms with Crippen molar-refractivity contribution >= 4 is 48.4 Å². The Morgan fingerprint density at radius 1 is 1.18 bits per heavy atom. The van der Waals surface area contributed by atoms with E-state index < -0.39 is 11.4 Å². The molecule has 2 aromatic carbocycles. The fourth-order valence-electron chi connectivity index (χ4n) is 2.45. The van der Waals surface area contributed by atoms with Crippen molar-refractivity contribution in [3.8, 4) is 5.69 Å². The Morgan fingerprint density at radius 3 is 2.42 bits per heavy atom. The fourth-order valence-corrected chi connectivity index (χ4v) is 2.84. The molecule has 0 bridgehead atoms. The number of aromatic amines is 1. The van der Waals surface area contributed by atoms with E-state index in [9.17, 15) is 14.0 Å². The van der Waals surface area contributed by atoms with Crippen LogP contribution in [0.25, 0.3) is 17.8 Å². The van der Waals surface area contributed by atoms with Gasteiger partial charge in [0.2, 0.25) is 5.56 Å². The Bertz CT molecular complexity index is 1360. The molecule has 3 rings (SSSR count). The maximum Gasteiger partial charge on any atom is 1.00 e. The second-order valence-corrected chi connectivity index (χ2v) is 6.89. The Labute approximate surface area is 243 Å². The fraction of sp³-hybridized carbons (Fsp3) is 0. The number of nitrogens with one attached hydrogen (secondary N) is 1. The summed E-state index contributed by atoms with van der Waals surface area (Å²) >= 11 is 11.9. The number of allylic oxidation sites excluding steroid dienone is 2. The van der Waals surface area contributed by atoms with Crippen LogP contribution in [-0.2, 0) is 4.79 Å². The van der Waals surface area contributed by atoms with Crippen LogP contribution >= 0.6 is 23.2 Å². The molecule has 1 aromatic heterocycles. The minimum absolute atomic E-state index is 0. The third-order valence-electron chi connectivity index (χ3n) is 3.95. The number of hydrogen-bond donors (Lipinski definition) is 1. The van der Waals surface area contributed by atoms with Crippen LogP contribution in [-0.4, -0.2) is 22.8 Å². The first kappa shape index (κ1) is 29.1. The molecule has 3 aromatic rings. The van der Waals surface area contributed by atoms with E-state index in [4.69, 9.17) is 23.2 Å². The predicted molar refractivity (Wildman–Crippen MR) is 128 cm³/mol. The summed E-state index contributed by atoms with van der Waals surface area (Å²) < 4.78 is 15.3. The summed E-state index contributed by atoms with van der Waals surface area (Å²) in [5.74, 6) is -0.713. The maximum atomic E-state index is 14.1. The molecule has 164 valence electrons. The van der Waals surface area contributed by atoms with E-state index in [1.807, 2.05) is 0 Å². The third kappa shape index (κ3) is 7.79. The van der Waals surface area contributed by atoms with Crippen LogP contribution in [0.2, 0.25) is 10.0 Å². The van der Waals surface area contributed by atoms with Crippen molar-refractivity contribution in [2.75, 3.05) is 0 Å². The van der Waals surface area contributed by atoms with E-state index >= 15 is 0 Å². The van der Waals surface area contributed by atoms with Crippen molar-refractivity contribution in [2.24, 2.45) is 4.99 Å².